The molecule has 0 amide bonds. The van der Waals surface area contributed by atoms with Gasteiger partial charge >= 0.3 is 6.36 Å². The normalized spacial score (nSPS) is 13.5. The van der Waals surface area contributed by atoms with Gasteiger partial charge in [0.2, 0.25) is 0 Å². The highest BCUT2D eigenvalue weighted by Gasteiger charge is 2.28. The van der Waals surface area contributed by atoms with E-state index in [-0.39, 0.29) is 18.6 Å². The first-order chi connectivity index (χ1) is 7.12. The SMILES string of the molecule is CN(C)CC(C)(C)CNCCOC(F)(F)F. The van der Waals surface area contributed by atoms with E-state index in [1.54, 1.807) is 0 Å². The van der Waals surface area contributed by atoms with E-state index in [2.05, 4.69) is 23.9 Å². The van der Waals surface area contributed by atoms with Crippen LogP contribution in [-0.2, 0) is 4.74 Å². The Morgan fingerprint density at radius 2 is 1.75 bits per heavy atom. The number of nitrogens with one attached hydrogen (secondary N) is 1. The van der Waals surface area contributed by atoms with Crippen LogP contribution in [0.15, 0.2) is 0 Å². The molecule has 0 saturated heterocycles. The molecule has 0 radical (unpaired) electrons. The lowest BCUT2D eigenvalue weighted by Gasteiger charge is -2.28. The van der Waals surface area contributed by atoms with E-state index in [0.29, 0.717) is 6.54 Å². The number of alkyl halides is 3. The van der Waals surface area contributed by atoms with Crippen molar-refractivity contribution in [3.8, 4) is 0 Å². The molecule has 0 aliphatic rings. The fourth-order valence-electron chi connectivity index (χ4n) is 1.58. The lowest BCUT2D eigenvalue weighted by molar-refractivity contribution is -0.323. The monoisotopic (exact) mass is 242 g/mol. The first kappa shape index (κ1) is 15.7. The molecule has 98 valence electrons. The van der Waals surface area contributed by atoms with Crippen molar-refractivity contribution in [2.45, 2.75) is 20.2 Å². The maximum atomic E-state index is 11.6. The molecule has 0 spiro atoms. The Morgan fingerprint density at radius 3 is 2.19 bits per heavy atom. The molecule has 0 aromatic carbocycles. The van der Waals surface area contributed by atoms with Crippen LogP contribution in [-0.4, -0.2) is 51.6 Å². The zero-order valence-corrected chi connectivity index (χ0v) is 10.3. The number of halogens is 3. The summed E-state index contributed by atoms with van der Waals surface area (Å²) in [5.41, 5.74) is 0.0295. The van der Waals surface area contributed by atoms with Gasteiger partial charge in [0.25, 0.3) is 0 Å². The molecule has 0 aromatic rings. The third-order valence-corrected chi connectivity index (χ3v) is 1.89. The van der Waals surface area contributed by atoms with Crippen LogP contribution in [0.2, 0.25) is 0 Å². The van der Waals surface area contributed by atoms with Crippen LogP contribution in [0.3, 0.4) is 0 Å². The number of ether oxygens (including phenoxy) is 1. The second-order valence-electron chi connectivity index (χ2n) is 4.87. The van der Waals surface area contributed by atoms with Gasteiger partial charge in [-0.05, 0) is 19.5 Å². The van der Waals surface area contributed by atoms with Crippen LogP contribution in [0.5, 0.6) is 0 Å². The van der Waals surface area contributed by atoms with Crippen LogP contribution in [0.25, 0.3) is 0 Å². The average molecular weight is 242 g/mol. The maximum Gasteiger partial charge on any atom is 0.522 e. The van der Waals surface area contributed by atoms with Crippen LogP contribution < -0.4 is 5.32 Å². The molecular weight excluding hydrogens is 221 g/mol. The van der Waals surface area contributed by atoms with E-state index >= 15 is 0 Å². The number of hydrogen-bond acceptors (Lipinski definition) is 3. The standard InChI is InChI=1S/C10H21F3N2O/c1-9(2,8-15(3)4)7-14-5-6-16-10(11,12)13/h14H,5-8H2,1-4H3. The topological polar surface area (TPSA) is 24.5 Å². The van der Waals surface area contributed by atoms with Crippen molar-refractivity contribution in [2.24, 2.45) is 5.41 Å². The van der Waals surface area contributed by atoms with Crippen molar-refractivity contribution in [1.82, 2.24) is 10.2 Å². The van der Waals surface area contributed by atoms with Gasteiger partial charge in [0, 0.05) is 19.6 Å². The van der Waals surface area contributed by atoms with Gasteiger partial charge in [-0.2, -0.15) is 0 Å². The van der Waals surface area contributed by atoms with Crippen molar-refractivity contribution in [1.29, 1.82) is 0 Å². The van der Waals surface area contributed by atoms with Crippen molar-refractivity contribution < 1.29 is 17.9 Å². The maximum absolute atomic E-state index is 11.6. The fraction of sp³-hybridized carbons (Fsp3) is 1.00. The summed E-state index contributed by atoms with van der Waals surface area (Å²) in [4.78, 5) is 2.05. The molecule has 0 heterocycles. The predicted molar refractivity (Wildman–Crippen MR) is 57.2 cm³/mol. The number of rotatable bonds is 7. The van der Waals surface area contributed by atoms with Crippen LogP contribution in [0.1, 0.15) is 13.8 Å². The van der Waals surface area contributed by atoms with Crippen molar-refractivity contribution in [3.63, 3.8) is 0 Å². The molecule has 1 N–H and O–H groups in total. The van der Waals surface area contributed by atoms with Gasteiger partial charge in [0.05, 0.1) is 6.61 Å². The van der Waals surface area contributed by atoms with Crippen LogP contribution in [0, 0.1) is 5.41 Å². The van der Waals surface area contributed by atoms with E-state index in [1.807, 2.05) is 19.0 Å². The molecule has 0 unspecified atom stereocenters. The highest BCUT2D eigenvalue weighted by molar-refractivity contribution is 4.73. The quantitative estimate of drug-likeness (QED) is 0.688. The zero-order chi connectivity index (χ0) is 12.8. The molecule has 0 bridgehead atoms. The van der Waals surface area contributed by atoms with Gasteiger partial charge in [0.15, 0.2) is 0 Å². The molecule has 6 heteroatoms. The van der Waals surface area contributed by atoms with Crippen molar-refractivity contribution in [2.75, 3.05) is 40.3 Å². The first-order valence-corrected chi connectivity index (χ1v) is 5.18. The molecule has 3 nitrogen and oxygen atoms in total. The Kier molecular flexibility index (Phi) is 6.28. The van der Waals surface area contributed by atoms with Crippen molar-refractivity contribution >= 4 is 0 Å². The van der Waals surface area contributed by atoms with E-state index in [4.69, 9.17) is 0 Å². The third-order valence-electron chi connectivity index (χ3n) is 1.89. The fourth-order valence-corrected chi connectivity index (χ4v) is 1.58. The Labute approximate surface area is 94.9 Å². The molecule has 0 fully saturated rings. The molecule has 0 aliphatic carbocycles. The minimum absolute atomic E-state index is 0.0295. The second kappa shape index (κ2) is 6.42. The summed E-state index contributed by atoms with van der Waals surface area (Å²) in [5, 5.41) is 2.95. The summed E-state index contributed by atoms with van der Waals surface area (Å²) >= 11 is 0. The number of hydrogen-bond donors (Lipinski definition) is 1. The second-order valence-corrected chi connectivity index (χ2v) is 4.87. The van der Waals surface area contributed by atoms with Crippen molar-refractivity contribution in [3.05, 3.63) is 0 Å². The summed E-state index contributed by atoms with van der Waals surface area (Å²) in [7, 11) is 3.93. The van der Waals surface area contributed by atoms with Gasteiger partial charge < -0.3 is 10.2 Å². The third kappa shape index (κ3) is 10.2. The minimum atomic E-state index is -4.53. The largest absolute Gasteiger partial charge is 0.522 e. The average Bonchev–Trinajstić information content (AvgIpc) is 1.98. The Bertz CT molecular complexity index is 193. The van der Waals surface area contributed by atoms with E-state index in [9.17, 15) is 13.2 Å². The minimum Gasteiger partial charge on any atom is -0.314 e. The van der Waals surface area contributed by atoms with E-state index in [0.717, 1.165) is 6.54 Å². The molecule has 16 heavy (non-hydrogen) atoms. The van der Waals surface area contributed by atoms with E-state index in [1.165, 1.54) is 0 Å². The molecule has 0 saturated carbocycles. The Hall–Kier alpha value is -0.330. The summed E-state index contributed by atoms with van der Waals surface area (Å²) in [6.07, 6.45) is -4.53. The summed E-state index contributed by atoms with van der Waals surface area (Å²) in [6.45, 7) is 5.51. The van der Waals surface area contributed by atoms with E-state index < -0.39 is 6.36 Å². The summed E-state index contributed by atoms with van der Waals surface area (Å²) in [5.74, 6) is 0. The lowest BCUT2D eigenvalue weighted by atomic mass is 9.93. The molecule has 0 aromatic heterocycles. The highest BCUT2D eigenvalue weighted by Crippen LogP contribution is 2.16. The molecule has 0 atom stereocenters. The Balaban J connectivity index is 3.58. The summed E-state index contributed by atoms with van der Waals surface area (Å²) in [6, 6.07) is 0. The van der Waals surface area contributed by atoms with Gasteiger partial charge in [-0.1, -0.05) is 13.8 Å². The van der Waals surface area contributed by atoms with Gasteiger partial charge in [-0.15, -0.1) is 13.2 Å². The predicted octanol–water partition coefficient (Wildman–Crippen LogP) is 1.70. The Morgan fingerprint density at radius 1 is 1.19 bits per heavy atom. The van der Waals surface area contributed by atoms with Gasteiger partial charge in [-0.3, -0.25) is 4.74 Å². The zero-order valence-electron chi connectivity index (χ0n) is 10.3. The van der Waals surface area contributed by atoms with Crippen LogP contribution in [0.4, 0.5) is 13.2 Å². The summed E-state index contributed by atoms with van der Waals surface area (Å²) < 4.78 is 38.5. The highest BCUT2D eigenvalue weighted by atomic mass is 19.4. The lowest BCUT2D eigenvalue weighted by Crippen LogP contribution is -2.39. The smallest absolute Gasteiger partial charge is 0.314 e. The molecular formula is C10H21F3N2O. The van der Waals surface area contributed by atoms with Crippen LogP contribution >= 0.6 is 0 Å². The first-order valence-electron chi connectivity index (χ1n) is 5.18. The van der Waals surface area contributed by atoms with Gasteiger partial charge in [-0.25, -0.2) is 0 Å². The number of nitrogens with zero attached hydrogens (tertiary/aromatic N) is 1. The van der Waals surface area contributed by atoms with Gasteiger partial charge in [0.1, 0.15) is 0 Å². The molecule has 0 rings (SSSR count). The molecule has 0 aliphatic heterocycles.